The molecule has 0 atom stereocenters. The third-order valence-corrected chi connectivity index (χ3v) is 2.91. The quantitative estimate of drug-likeness (QED) is 0.802. The predicted molar refractivity (Wildman–Crippen MR) is 78.6 cm³/mol. The highest BCUT2D eigenvalue weighted by molar-refractivity contribution is 5.87. The molecule has 2 heterocycles. The molecule has 0 aliphatic heterocycles. The predicted octanol–water partition coefficient (Wildman–Crippen LogP) is 2.41. The van der Waals surface area contributed by atoms with Gasteiger partial charge in [-0.3, -0.25) is 5.10 Å². The Balaban J connectivity index is 2.45. The number of nitrogens with zero attached hydrogens (tertiary/aromatic N) is 4. The van der Waals surface area contributed by atoms with Crippen LogP contribution in [0.5, 0.6) is 0 Å². The lowest BCUT2D eigenvalue weighted by Crippen LogP contribution is -2.26. The van der Waals surface area contributed by atoms with Gasteiger partial charge < -0.3 is 10.2 Å². The summed E-state index contributed by atoms with van der Waals surface area (Å²) in [6.45, 7) is 9.20. The third kappa shape index (κ3) is 2.94. The van der Waals surface area contributed by atoms with Gasteiger partial charge in [0, 0.05) is 19.6 Å². The molecule has 6 heteroatoms. The third-order valence-electron chi connectivity index (χ3n) is 2.91. The van der Waals surface area contributed by atoms with E-state index in [1.807, 2.05) is 6.92 Å². The van der Waals surface area contributed by atoms with Crippen LogP contribution in [-0.4, -0.2) is 39.8 Å². The van der Waals surface area contributed by atoms with Crippen LogP contribution in [0.3, 0.4) is 0 Å². The average Bonchev–Trinajstić information content (AvgIpc) is 2.86. The van der Waals surface area contributed by atoms with Gasteiger partial charge in [-0.05, 0) is 19.8 Å². The molecule has 0 amide bonds. The smallest absolute Gasteiger partial charge is 0.226 e. The van der Waals surface area contributed by atoms with E-state index < -0.39 is 0 Å². The van der Waals surface area contributed by atoms with Gasteiger partial charge in [-0.25, -0.2) is 0 Å². The zero-order chi connectivity index (χ0) is 13.7. The first kappa shape index (κ1) is 13.6. The van der Waals surface area contributed by atoms with Gasteiger partial charge in [0.1, 0.15) is 5.82 Å². The van der Waals surface area contributed by atoms with Gasteiger partial charge in [0.25, 0.3) is 0 Å². The maximum absolute atomic E-state index is 4.64. The summed E-state index contributed by atoms with van der Waals surface area (Å²) in [5.41, 5.74) is 0.790. The molecule has 0 aromatic carbocycles. The van der Waals surface area contributed by atoms with E-state index in [2.05, 4.69) is 44.2 Å². The normalized spacial score (nSPS) is 10.9. The molecule has 0 spiro atoms. The number of hydrogen-bond acceptors (Lipinski definition) is 5. The fourth-order valence-electron chi connectivity index (χ4n) is 2.16. The van der Waals surface area contributed by atoms with Gasteiger partial charge >= 0.3 is 0 Å². The molecule has 0 fully saturated rings. The molecule has 2 aromatic rings. The van der Waals surface area contributed by atoms with Gasteiger partial charge in [-0.15, -0.1) is 0 Å². The maximum Gasteiger partial charge on any atom is 0.226 e. The van der Waals surface area contributed by atoms with Crippen molar-refractivity contribution in [1.29, 1.82) is 0 Å². The van der Waals surface area contributed by atoms with Crippen LogP contribution < -0.4 is 10.2 Å². The van der Waals surface area contributed by atoms with Crippen LogP contribution in [0.2, 0.25) is 0 Å². The van der Waals surface area contributed by atoms with Crippen LogP contribution >= 0.6 is 0 Å². The van der Waals surface area contributed by atoms with Crippen LogP contribution in [0.4, 0.5) is 11.8 Å². The lowest BCUT2D eigenvalue weighted by atomic mass is 10.3. The fraction of sp³-hybridized carbons (Fsp3) is 0.615. The molecule has 2 rings (SSSR count). The minimum atomic E-state index is 0.659. The summed E-state index contributed by atoms with van der Waals surface area (Å²) in [6.07, 6.45) is 4.00. The van der Waals surface area contributed by atoms with Crippen molar-refractivity contribution in [2.75, 3.05) is 29.9 Å². The molecule has 0 unspecified atom stereocenters. The van der Waals surface area contributed by atoms with Gasteiger partial charge in [-0.2, -0.15) is 15.1 Å². The molecule has 2 N–H and O–H groups in total. The van der Waals surface area contributed by atoms with Crippen molar-refractivity contribution in [3.63, 3.8) is 0 Å². The van der Waals surface area contributed by atoms with Crippen LogP contribution in [-0.2, 0) is 0 Å². The second-order valence-electron chi connectivity index (χ2n) is 4.52. The molecule has 0 saturated heterocycles. The van der Waals surface area contributed by atoms with Crippen molar-refractivity contribution in [2.24, 2.45) is 0 Å². The number of hydrogen-bond donors (Lipinski definition) is 2. The highest BCUT2D eigenvalue weighted by atomic mass is 15.3. The largest absolute Gasteiger partial charge is 0.356 e. The summed E-state index contributed by atoms with van der Waals surface area (Å²) in [5, 5.41) is 11.2. The summed E-state index contributed by atoms with van der Waals surface area (Å²) < 4.78 is 0. The van der Waals surface area contributed by atoms with E-state index in [9.17, 15) is 0 Å². The molecule has 19 heavy (non-hydrogen) atoms. The number of aromatic amines is 1. The molecule has 104 valence electrons. The van der Waals surface area contributed by atoms with E-state index in [0.717, 1.165) is 49.3 Å². The van der Waals surface area contributed by atoms with E-state index in [1.165, 1.54) is 0 Å². The molecular formula is C13H22N6. The Kier molecular flexibility index (Phi) is 4.54. The van der Waals surface area contributed by atoms with Gasteiger partial charge in [0.2, 0.25) is 5.95 Å². The van der Waals surface area contributed by atoms with Crippen molar-refractivity contribution in [3.05, 3.63) is 6.20 Å². The minimum absolute atomic E-state index is 0.659. The summed E-state index contributed by atoms with van der Waals surface area (Å²) >= 11 is 0. The fourth-order valence-corrected chi connectivity index (χ4v) is 2.16. The SMILES string of the molecule is CCCN(CCC)c1nc(NCC)nc2[nH]ncc12. The lowest BCUT2D eigenvalue weighted by Gasteiger charge is -2.23. The van der Waals surface area contributed by atoms with E-state index >= 15 is 0 Å². The van der Waals surface area contributed by atoms with Crippen LogP contribution in [0.1, 0.15) is 33.6 Å². The van der Waals surface area contributed by atoms with E-state index in [4.69, 9.17) is 0 Å². The summed E-state index contributed by atoms with van der Waals surface area (Å²) in [5.74, 6) is 1.63. The lowest BCUT2D eigenvalue weighted by molar-refractivity contribution is 0.736. The van der Waals surface area contributed by atoms with Crippen molar-refractivity contribution >= 4 is 22.8 Å². The number of anilines is 2. The van der Waals surface area contributed by atoms with E-state index in [-0.39, 0.29) is 0 Å². The molecule has 0 radical (unpaired) electrons. The zero-order valence-corrected chi connectivity index (χ0v) is 11.9. The Bertz CT molecular complexity index is 515. The number of fused-ring (bicyclic) bond motifs is 1. The van der Waals surface area contributed by atoms with Crippen LogP contribution in [0.15, 0.2) is 6.20 Å². The van der Waals surface area contributed by atoms with E-state index in [0.29, 0.717) is 5.95 Å². The second-order valence-corrected chi connectivity index (χ2v) is 4.52. The summed E-state index contributed by atoms with van der Waals surface area (Å²) in [7, 11) is 0. The van der Waals surface area contributed by atoms with Crippen molar-refractivity contribution in [3.8, 4) is 0 Å². The average molecular weight is 262 g/mol. The van der Waals surface area contributed by atoms with E-state index in [1.54, 1.807) is 6.20 Å². The Morgan fingerprint density at radius 1 is 1.16 bits per heavy atom. The molecule has 0 aliphatic rings. The first-order chi connectivity index (χ1) is 9.30. The monoisotopic (exact) mass is 262 g/mol. The van der Waals surface area contributed by atoms with Crippen LogP contribution in [0, 0.1) is 0 Å². The van der Waals surface area contributed by atoms with Crippen molar-refractivity contribution < 1.29 is 0 Å². The number of aromatic nitrogens is 4. The molecular weight excluding hydrogens is 240 g/mol. The number of nitrogens with one attached hydrogen (secondary N) is 2. The first-order valence-electron chi connectivity index (χ1n) is 7.00. The molecule has 6 nitrogen and oxygen atoms in total. The van der Waals surface area contributed by atoms with Crippen LogP contribution in [0.25, 0.3) is 11.0 Å². The maximum atomic E-state index is 4.64. The standard InChI is InChI=1S/C13H22N6/c1-4-7-19(8-5-2)12-10-9-15-18-11(10)16-13(17-12)14-6-3/h9H,4-8H2,1-3H3,(H2,14,15,16,17,18). The number of H-pyrrole nitrogens is 1. The Morgan fingerprint density at radius 3 is 2.53 bits per heavy atom. The highest BCUT2D eigenvalue weighted by Crippen LogP contribution is 2.24. The second kappa shape index (κ2) is 6.36. The topological polar surface area (TPSA) is 69.7 Å². The summed E-state index contributed by atoms with van der Waals surface area (Å²) in [4.78, 5) is 11.4. The Morgan fingerprint density at radius 2 is 1.89 bits per heavy atom. The Hall–Kier alpha value is -1.85. The number of rotatable bonds is 7. The van der Waals surface area contributed by atoms with Crippen molar-refractivity contribution in [2.45, 2.75) is 33.6 Å². The van der Waals surface area contributed by atoms with Gasteiger partial charge in [0.05, 0.1) is 11.6 Å². The first-order valence-corrected chi connectivity index (χ1v) is 7.00. The molecule has 0 saturated carbocycles. The van der Waals surface area contributed by atoms with Gasteiger partial charge in [-0.1, -0.05) is 13.8 Å². The zero-order valence-electron chi connectivity index (χ0n) is 11.9. The van der Waals surface area contributed by atoms with Gasteiger partial charge in [0.15, 0.2) is 5.65 Å². The Labute approximate surface area is 113 Å². The molecule has 0 bridgehead atoms. The minimum Gasteiger partial charge on any atom is -0.356 e. The molecule has 2 aromatic heterocycles. The highest BCUT2D eigenvalue weighted by Gasteiger charge is 2.14. The van der Waals surface area contributed by atoms with Crippen molar-refractivity contribution in [1.82, 2.24) is 20.2 Å². The summed E-state index contributed by atoms with van der Waals surface area (Å²) in [6, 6.07) is 0. The molecule has 0 aliphatic carbocycles.